The van der Waals surface area contributed by atoms with E-state index in [0.717, 1.165) is 0 Å². The molecule has 0 heterocycles. The lowest BCUT2D eigenvalue weighted by molar-refractivity contribution is 0.558. The topological polar surface area (TPSA) is 60.2 Å². The fraction of sp³-hybridized carbons (Fsp3) is 1.00. The molecule has 0 saturated heterocycles. The average Bonchev–Trinajstić information content (AvgIpc) is 1.60. The number of sulfone groups is 1. The first-order valence-corrected chi connectivity index (χ1v) is 5.29. The second-order valence-corrected chi connectivity index (χ2v) is 4.90. The Morgan fingerprint density at radius 3 is 1.90 bits per heavy atom. The smallest absolute Gasteiger partial charge is 0.151 e. The molecule has 2 atom stereocenters. The first-order chi connectivity index (χ1) is 4.39. The molecule has 0 fully saturated rings. The van der Waals surface area contributed by atoms with E-state index in [2.05, 4.69) is 0 Å². The normalized spacial score (nSPS) is 18.4. The van der Waals surface area contributed by atoms with Gasteiger partial charge in [-0.05, 0) is 13.3 Å². The third-order valence-electron chi connectivity index (χ3n) is 1.54. The lowest BCUT2D eigenvalue weighted by atomic mass is 10.2. The zero-order chi connectivity index (χ0) is 8.36. The molecule has 0 aromatic carbocycles. The molecule has 2 N–H and O–H groups in total. The van der Waals surface area contributed by atoms with Crippen molar-refractivity contribution in [3.8, 4) is 0 Å². The van der Waals surface area contributed by atoms with Crippen LogP contribution in [0.15, 0.2) is 0 Å². The van der Waals surface area contributed by atoms with Crippen LogP contribution in [-0.4, -0.2) is 26.0 Å². The lowest BCUT2D eigenvalue weighted by Gasteiger charge is -2.15. The van der Waals surface area contributed by atoms with Crippen molar-refractivity contribution in [3.05, 3.63) is 0 Å². The highest BCUT2D eigenvalue weighted by atomic mass is 32.2. The van der Waals surface area contributed by atoms with Crippen LogP contribution in [-0.2, 0) is 9.84 Å². The summed E-state index contributed by atoms with van der Waals surface area (Å²) in [5, 5.41) is -0.382. The summed E-state index contributed by atoms with van der Waals surface area (Å²) in [7, 11) is -2.94. The summed E-state index contributed by atoms with van der Waals surface area (Å²) >= 11 is 0. The van der Waals surface area contributed by atoms with Crippen molar-refractivity contribution in [2.75, 3.05) is 6.26 Å². The third-order valence-corrected chi connectivity index (χ3v) is 3.40. The third kappa shape index (κ3) is 2.66. The molecule has 0 aromatic rings. The maximum atomic E-state index is 10.9. The minimum atomic E-state index is -2.94. The van der Waals surface area contributed by atoms with Gasteiger partial charge in [0.1, 0.15) is 0 Å². The quantitative estimate of drug-likeness (QED) is 0.648. The Bertz CT molecular complexity index is 184. The second-order valence-electron chi connectivity index (χ2n) is 2.64. The van der Waals surface area contributed by atoms with Crippen molar-refractivity contribution >= 4 is 9.84 Å². The minimum absolute atomic E-state index is 0.264. The van der Waals surface area contributed by atoms with Crippen molar-refractivity contribution in [2.24, 2.45) is 5.73 Å². The maximum absolute atomic E-state index is 10.9. The minimum Gasteiger partial charge on any atom is -0.327 e. The van der Waals surface area contributed by atoms with Gasteiger partial charge >= 0.3 is 0 Å². The first-order valence-electron chi connectivity index (χ1n) is 3.34. The van der Waals surface area contributed by atoms with Crippen LogP contribution in [0.5, 0.6) is 0 Å². The van der Waals surface area contributed by atoms with E-state index in [-0.39, 0.29) is 11.3 Å². The Kier molecular flexibility index (Phi) is 3.31. The molecule has 0 unspecified atom stereocenters. The molecular formula is C6H15NO2S. The summed E-state index contributed by atoms with van der Waals surface area (Å²) in [6, 6.07) is -0.264. The van der Waals surface area contributed by atoms with E-state index in [1.54, 1.807) is 6.92 Å². The molecule has 0 rings (SSSR count). The molecule has 10 heavy (non-hydrogen) atoms. The van der Waals surface area contributed by atoms with Crippen LogP contribution in [0.1, 0.15) is 20.3 Å². The Morgan fingerprint density at radius 2 is 1.90 bits per heavy atom. The second kappa shape index (κ2) is 3.34. The SMILES string of the molecule is CC[C@@H]([C@@H](C)N)S(C)(=O)=O. The van der Waals surface area contributed by atoms with Gasteiger partial charge < -0.3 is 5.73 Å². The van der Waals surface area contributed by atoms with Crippen LogP contribution >= 0.6 is 0 Å². The molecule has 0 bridgehead atoms. The van der Waals surface area contributed by atoms with E-state index in [1.807, 2.05) is 6.92 Å². The van der Waals surface area contributed by atoms with Crippen LogP contribution in [0.3, 0.4) is 0 Å². The van der Waals surface area contributed by atoms with Gasteiger partial charge in [-0.2, -0.15) is 0 Å². The molecule has 3 nitrogen and oxygen atoms in total. The van der Waals surface area contributed by atoms with Crippen molar-refractivity contribution < 1.29 is 8.42 Å². The molecule has 0 saturated carbocycles. The van der Waals surface area contributed by atoms with Crippen molar-refractivity contribution in [2.45, 2.75) is 31.6 Å². The van der Waals surface area contributed by atoms with Gasteiger partial charge in [-0.1, -0.05) is 6.92 Å². The van der Waals surface area contributed by atoms with E-state index >= 15 is 0 Å². The summed E-state index contributed by atoms with van der Waals surface area (Å²) in [4.78, 5) is 0. The number of hydrogen-bond acceptors (Lipinski definition) is 3. The molecule has 0 amide bonds. The van der Waals surface area contributed by atoms with Crippen molar-refractivity contribution in [3.63, 3.8) is 0 Å². The van der Waals surface area contributed by atoms with Gasteiger partial charge in [0.05, 0.1) is 5.25 Å². The Hall–Kier alpha value is -0.0900. The van der Waals surface area contributed by atoms with Crippen LogP contribution in [0.4, 0.5) is 0 Å². The van der Waals surface area contributed by atoms with Crippen molar-refractivity contribution in [1.82, 2.24) is 0 Å². The molecule has 0 aliphatic rings. The average molecular weight is 165 g/mol. The molecule has 0 radical (unpaired) electrons. The standard InChI is InChI=1S/C6H15NO2S/c1-4-6(5(2)7)10(3,8)9/h5-6H,4,7H2,1-3H3/t5-,6+/m1/s1. The number of rotatable bonds is 3. The largest absolute Gasteiger partial charge is 0.327 e. The van der Waals surface area contributed by atoms with Crippen LogP contribution in [0.25, 0.3) is 0 Å². The van der Waals surface area contributed by atoms with Gasteiger partial charge in [-0.3, -0.25) is 0 Å². The Labute approximate surface area is 62.5 Å². The fourth-order valence-corrected chi connectivity index (χ4v) is 2.45. The fourth-order valence-electron chi connectivity index (χ4n) is 1.06. The molecule has 0 spiro atoms. The molecule has 0 aromatic heterocycles. The van der Waals surface area contributed by atoms with Crippen LogP contribution < -0.4 is 5.73 Å². The lowest BCUT2D eigenvalue weighted by Crippen LogP contribution is -2.37. The summed E-state index contributed by atoms with van der Waals surface area (Å²) in [6.45, 7) is 3.55. The van der Waals surface area contributed by atoms with E-state index in [1.165, 1.54) is 6.26 Å². The molecule has 4 heteroatoms. The van der Waals surface area contributed by atoms with E-state index < -0.39 is 9.84 Å². The summed E-state index contributed by atoms with van der Waals surface area (Å²) in [5.41, 5.74) is 5.45. The molecule has 0 aliphatic heterocycles. The van der Waals surface area contributed by atoms with E-state index in [0.29, 0.717) is 6.42 Å². The predicted molar refractivity (Wildman–Crippen MR) is 42.6 cm³/mol. The van der Waals surface area contributed by atoms with Gasteiger partial charge in [0.2, 0.25) is 0 Å². The molecule has 0 aliphatic carbocycles. The van der Waals surface area contributed by atoms with Crippen LogP contribution in [0.2, 0.25) is 0 Å². The van der Waals surface area contributed by atoms with Gasteiger partial charge in [-0.15, -0.1) is 0 Å². The van der Waals surface area contributed by atoms with E-state index in [4.69, 9.17) is 5.73 Å². The zero-order valence-corrected chi connectivity index (χ0v) is 7.48. The van der Waals surface area contributed by atoms with Crippen molar-refractivity contribution in [1.29, 1.82) is 0 Å². The summed E-state index contributed by atoms with van der Waals surface area (Å²) < 4.78 is 21.8. The maximum Gasteiger partial charge on any atom is 0.151 e. The number of nitrogens with two attached hydrogens (primary N) is 1. The monoisotopic (exact) mass is 165 g/mol. The van der Waals surface area contributed by atoms with Crippen LogP contribution in [0, 0.1) is 0 Å². The molecule has 62 valence electrons. The highest BCUT2D eigenvalue weighted by Crippen LogP contribution is 2.06. The highest BCUT2D eigenvalue weighted by Gasteiger charge is 2.21. The summed E-state index contributed by atoms with van der Waals surface area (Å²) in [5.74, 6) is 0. The zero-order valence-electron chi connectivity index (χ0n) is 6.66. The Morgan fingerprint density at radius 1 is 1.50 bits per heavy atom. The molecular weight excluding hydrogens is 150 g/mol. The summed E-state index contributed by atoms with van der Waals surface area (Å²) in [6.07, 6.45) is 1.82. The van der Waals surface area contributed by atoms with Gasteiger partial charge in [0.15, 0.2) is 9.84 Å². The van der Waals surface area contributed by atoms with Gasteiger partial charge in [-0.25, -0.2) is 8.42 Å². The van der Waals surface area contributed by atoms with E-state index in [9.17, 15) is 8.42 Å². The van der Waals surface area contributed by atoms with Gasteiger partial charge in [0, 0.05) is 12.3 Å². The first kappa shape index (κ1) is 9.91. The predicted octanol–water partition coefficient (Wildman–Crippen LogP) is 0.157. The highest BCUT2D eigenvalue weighted by molar-refractivity contribution is 7.91. The van der Waals surface area contributed by atoms with Gasteiger partial charge in [0.25, 0.3) is 0 Å². The number of hydrogen-bond donors (Lipinski definition) is 1. The Balaban J connectivity index is 4.38.